The van der Waals surface area contributed by atoms with Gasteiger partial charge in [-0.2, -0.15) is 0 Å². The van der Waals surface area contributed by atoms with E-state index in [0.29, 0.717) is 22.3 Å². The van der Waals surface area contributed by atoms with Gasteiger partial charge in [-0.3, -0.25) is 0 Å². The van der Waals surface area contributed by atoms with Gasteiger partial charge in [0.1, 0.15) is 0 Å². The number of hydrogen-bond donors (Lipinski definition) is 1. The van der Waals surface area contributed by atoms with Crippen LogP contribution in [0.25, 0.3) is 11.3 Å². The zero-order valence-electron chi connectivity index (χ0n) is 8.64. The van der Waals surface area contributed by atoms with Crippen molar-refractivity contribution in [3.63, 3.8) is 0 Å². The third-order valence-electron chi connectivity index (χ3n) is 2.12. The van der Waals surface area contributed by atoms with Gasteiger partial charge >= 0.3 is 0 Å². The Morgan fingerprint density at radius 3 is 2.44 bits per heavy atom. The molecule has 16 heavy (non-hydrogen) atoms. The van der Waals surface area contributed by atoms with Gasteiger partial charge < -0.3 is 10.5 Å². The maximum Gasteiger partial charge on any atom is 0.256 e. The van der Waals surface area contributed by atoms with Crippen LogP contribution < -0.4 is 10.5 Å². The van der Waals surface area contributed by atoms with E-state index in [9.17, 15) is 0 Å². The van der Waals surface area contributed by atoms with Crippen molar-refractivity contribution in [3.8, 4) is 17.1 Å². The van der Waals surface area contributed by atoms with Crippen LogP contribution in [-0.2, 0) is 0 Å². The van der Waals surface area contributed by atoms with Gasteiger partial charge in [0.2, 0.25) is 0 Å². The molecule has 0 unspecified atom stereocenters. The van der Waals surface area contributed by atoms with Gasteiger partial charge in [-0.05, 0) is 18.2 Å². The van der Waals surface area contributed by atoms with Gasteiger partial charge in [-0.25, -0.2) is 0 Å². The molecule has 0 saturated heterocycles. The standard InChI is InChI=1S/C11H10ClN3O/c1-16-11-9(13)6-10(14-15-11)7-2-4-8(12)5-3-7/h2-6H,1H3,(H2,13,14). The van der Waals surface area contributed by atoms with Crippen LogP contribution in [-0.4, -0.2) is 17.3 Å². The van der Waals surface area contributed by atoms with Crippen molar-refractivity contribution in [2.75, 3.05) is 12.8 Å². The molecule has 4 nitrogen and oxygen atoms in total. The Labute approximate surface area is 98.0 Å². The zero-order chi connectivity index (χ0) is 11.5. The first-order valence-electron chi connectivity index (χ1n) is 4.64. The first-order chi connectivity index (χ1) is 7.70. The predicted molar refractivity (Wildman–Crippen MR) is 63.4 cm³/mol. The number of nitrogen functional groups attached to an aromatic ring is 1. The van der Waals surface area contributed by atoms with Crippen molar-refractivity contribution < 1.29 is 4.74 Å². The molecule has 1 aromatic heterocycles. The molecule has 2 aromatic rings. The number of methoxy groups -OCH3 is 1. The summed E-state index contributed by atoms with van der Waals surface area (Å²) in [5.41, 5.74) is 7.80. The van der Waals surface area contributed by atoms with Crippen LogP contribution in [0.1, 0.15) is 0 Å². The SMILES string of the molecule is COc1nnc(-c2ccc(Cl)cc2)cc1N. The van der Waals surface area contributed by atoms with Crippen LogP contribution in [0.5, 0.6) is 5.88 Å². The molecule has 0 radical (unpaired) electrons. The number of anilines is 1. The molecule has 2 N–H and O–H groups in total. The summed E-state index contributed by atoms with van der Waals surface area (Å²) in [4.78, 5) is 0. The van der Waals surface area contributed by atoms with Crippen LogP contribution >= 0.6 is 11.6 Å². The molecule has 0 bridgehead atoms. The minimum Gasteiger partial charge on any atom is -0.478 e. The van der Waals surface area contributed by atoms with E-state index in [1.54, 1.807) is 18.2 Å². The lowest BCUT2D eigenvalue weighted by atomic mass is 10.1. The molecule has 2 rings (SSSR count). The highest BCUT2D eigenvalue weighted by Gasteiger charge is 2.05. The minimum atomic E-state index is 0.331. The topological polar surface area (TPSA) is 61.0 Å². The molecule has 0 aliphatic rings. The van der Waals surface area contributed by atoms with Gasteiger partial charge in [-0.1, -0.05) is 23.7 Å². The van der Waals surface area contributed by atoms with Gasteiger partial charge in [-0.15, -0.1) is 10.2 Å². The Morgan fingerprint density at radius 2 is 1.88 bits per heavy atom. The number of rotatable bonds is 2. The average Bonchev–Trinajstić information content (AvgIpc) is 2.30. The maximum absolute atomic E-state index is 5.80. The fourth-order valence-corrected chi connectivity index (χ4v) is 1.44. The summed E-state index contributed by atoms with van der Waals surface area (Å²) in [7, 11) is 1.50. The average molecular weight is 236 g/mol. The first kappa shape index (κ1) is 10.7. The maximum atomic E-state index is 5.80. The van der Waals surface area contributed by atoms with Crippen molar-refractivity contribution in [3.05, 3.63) is 35.4 Å². The minimum absolute atomic E-state index is 0.331. The van der Waals surface area contributed by atoms with E-state index in [0.717, 1.165) is 5.56 Å². The number of nitrogens with two attached hydrogens (primary N) is 1. The van der Waals surface area contributed by atoms with E-state index in [1.165, 1.54) is 7.11 Å². The monoisotopic (exact) mass is 235 g/mol. The Bertz CT molecular complexity index is 499. The summed E-state index contributed by atoms with van der Waals surface area (Å²) in [5, 5.41) is 8.56. The smallest absolute Gasteiger partial charge is 0.256 e. The normalized spacial score (nSPS) is 10.1. The molecule has 0 fully saturated rings. The molecular formula is C11H10ClN3O. The molecule has 82 valence electrons. The molecule has 0 saturated carbocycles. The van der Waals surface area contributed by atoms with E-state index in [-0.39, 0.29) is 0 Å². The van der Waals surface area contributed by atoms with E-state index in [4.69, 9.17) is 22.1 Å². The fourth-order valence-electron chi connectivity index (χ4n) is 1.32. The molecular weight excluding hydrogens is 226 g/mol. The predicted octanol–water partition coefficient (Wildman–Crippen LogP) is 2.39. The van der Waals surface area contributed by atoms with Crippen LogP contribution in [0.2, 0.25) is 5.02 Å². The number of nitrogens with zero attached hydrogens (tertiary/aromatic N) is 2. The largest absolute Gasteiger partial charge is 0.478 e. The molecule has 0 amide bonds. The van der Waals surface area contributed by atoms with Gasteiger partial charge in [0.25, 0.3) is 5.88 Å². The fraction of sp³-hybridized carbons (Fsp3) is 0.0909. The van der Waals surface area contributed by atoms with Crippen LogP contribution in [0, 0.1) is 0 Å². The van der Waals surface area contributed by atoms with Crippen molar-refractivity contribution in [1.82, 2.24) is 10.2 Å². The van der Waals surface area contributed by atoms with E-state index in [1.807, 2.05) is 12.1 Å². The van der Waals surface area contributed by atoms with Crippen molar-refractivity contribution in [2.24, 2.45) is 0 Å². The summed E-state index contributed by atoms with van der Waals surface area (Å²) < 4.78 is 4.94. The summed E-state index contributed by atoms with van der Waals surface area (Å²) in [6, 6.07) is 9.02. The molecule has 5 heteroatoms. The highest BCUT2D eigenvalue weighted by Crippen LogP contribution is 2.24. The highest BCUT2D eigenvalue weighted by atomic mass is 35.5. The highest BCUT2D eigenvalue weighted by molar-refractivity contribution is 6.30. The summed E-state index contributed by atoms with van der Waals surface area (Å²) in [6.45, 7) is 0. The van der Waals surface area contributed by atoms with Crippen molar-refractivity contribution in [2.45, 2.75) is 0 Å². The van der Waals surface area contributed by atoms with Crippen molar-refractivity contribution >= 4 is 17.3 Å². The van der Waals surface area contributed by atoms with Crippen molar-refractivity contribution in [1.29, 1.82) is 0 Å². The lowest BCUT2D eigenvalue weighted by Gasteiger charge is -2.04. The third-order valence-corrected chi connectivity index (χ3v) is 2.37. The Balaban J connectivity index is 2.41. The van der Waals surface area contributed by atoms with Gasteiger partial charge in [0.05, 0.1) is 18.5 Å². The Kier molecular flexibility index (Phi) is 2.92. The molecule has 1 heterocycles. The zero-order valence-corrected chi connectivity index (χ0v) is 9.40. The summed E-state index contributed by atoms with van der Waals surface area (Å²) in [6.07, 6.45) is 0. The first-order valence-corrected chi connectivity index (χ1v) is 5.01. The summed E-state index contributed by atoms with van der Waals surface area (Å²) >= 11 is 5.80. The number of hydrogen-bond acceptors (Lipinski definition) is 4. The van der Waals surface area contributed by atoms with E-state index < -0.39 is 0 Å². The Morgan fingerprint density at radius 1 is 1.19 bits per heavy atom. The molecule has 0 atom stereocenters. The van der Waals surface area contributed by atoms with Gasteiger partial charge in [0.15, 0.2) is 0 Å². The quantitative estimate of drug-likeness (QED) is 0.868. The number of ether oxygens (including phenoxy) is 1. The second-order valence-corrected chi connectivity index (χ2v) is 3.64. The number of aromatic nitrogens is 2. The van der Waals surface area contributed by atoms with Crippen LogP contribution in [0.15, 0.2) is 30.3 Å². The third kappa shape index (κ3) is 2.06. The lowest BCUT2D eigenvalue weighted by Crippen LogP contribution is -1.98. The second-order valence-electron chi connectivity index (χ2n) is 3.20. The van der Waals surface area contributed by atoms with Gasteiger partial charge in [0, 0.05) is 10.6 Å². The van der Waals surface area contributed by atoms with E-state index >= 15 is 0 Å². The number of benzene rings is 1. The van der Waals surface area contributed by atoms with Crippen LogP contribution in [0.3, 0.4) is 0 Å². The summed E-state index contributed by atoms with van der Waals surface area (Å²) in [5.74, 6) is 0.331. The molecule has 0 aliphatic heterocycles. The molecule has 0 spiro atoms. The molecule has 0 aliphatic carbocycles. The van der Waals surface area contributed by atoms with Crippen LogP contribution in [0.4, 0.5) is 5.69 Å². The number of halogens is 1. The molecule has 1 aromatic carbocycles. The second kappa shape index (κ2) is 4.37. The Hall–Kier alpha value is -1.81. The van der Waals surface area contributed by atoms with E-state index in [2.05, 4.69) is 10.2 Å². The lowest BCUT2D eigenvalue weighted by molar-refractivity contribution is 0.394.